The summed E-state index contributed by atoms with van der Waals surface area (Å²) in [6.07, 6.45) is 0. The first kappa shape index (κ1) is 16.3. The lowest BCUT2D eigenvalue weighted by atomic mass is 10.3. The number of hydrogen-bond acceptors (Lipinski definition) is 6. The van der Waals surface area contributed by atoms with Crippen molar-refractivity contribution >= 4 is 43.7 Å². The largest absolute Gasteiger partial charge is 0.494 e. The number of aromatic nitrogens is 2. The molecule has 7 nitrogen and oxygen atoms in total. The Bertz CT molecular complexity index is 1160. The molecule has 4 rings (SSSR count). The van der Waals surface area contributed by atoms with Gasteiger partial charge in [-0.05, 0) is 37.3 Å². The first-order chi connectivity index (χ1) is 12.6. The SMILES string of the molecule is CCOc1ccc2nc(NC(=O)Cn3c(=O)oc4ccccc43)sc2c1. The second kappa shape index (κ2) is 6.64. The highest BCUT2D eigenvalue weighted by atomic mass is 32.1. The summed E-state index contributed by atoms with van der Waals surface area (Å²) in [6.45, 7) is 2.36. The number of carbonyl (C=O) groups excluding carboxylic acids is 1. The van der Waals surface area contributed by atoms with E-state index in [1.54, 1.807) is 24.3 Å². The van der Waals surface area contributed by atoms with Crippen LogP contribution in [-0.4, -0.2) is 22.1 Å². The summed E-state index contributed by atoms with van der Waals surface area (Å²) in [5.41, 5.74) is 1.81. The van der Waals surface area contributed by atoms with Gasteiger partial charge in [0.2, 0.25) is 5.91 Å². The van der Waals surface area contributed by atoms with Gasteiger partial charge in [0.15, 0.2) is 10.7 Å². The minimum Gasteiger partial charge on any atom is -0.494 e. The van der Waals surface area contributed by atoms with Crippen molar-refractivity contribution in [2.45, 2.75) is 13.5 Å². The van der Waals surface area contributed by atoms with E-state index in [9.17, 15) is 9.59 Å². The van der Waals surface area contributed by atoms with Crippen LogP contribution in [-0.2, 0) is 11.3 Å². The van der Waals surface area contributed by atoms with Gasteiger partial charge in [0, 0.05) is 0 Å². The molecule has 0 saturated carbocycles. The molecule has 0 radical (unpaired) electrons. The molecule has 2 aromatic heterocycles. The molecule has 26 heavy (non-hydrogen) atoms. The zero-order valence-electron chi connectivity index (χ0n) is 13.9. The van der Waals surface area contributed by atoms with Gasteiger partial charge < -0.3 is 14.5 Å². The van der Waals surface area contributed by atoms with Gasteiger partial charge in [0.25, 0.3) is 0 Å². The fourth-order valence-electron chi connectivity index (χ4n) is 2.68. The Balaban J connectivity index is 1.55. The van der Waals surface area contributed by atoms with Crippen molar-refractivity contribution in [2.75, 3.05) is 11.9 Å². The summed E-state index contributed by atoms with van der Waals surface area (Å²) in [5.74, 6) is -0.146. The minimum absolute atomic E-state index is 0.143. The number of benzene rings is 2. The predicted octanol–water partition coefficient (Wildman–Crippen LogP) is 3.24. The average molecular weight is 369 g/mol. The van der Waals surface area contributed by atoms with E-state index >= 15 is 0 Å². The van der Waals surface area contributed by atoms with Crippen molar-refractivity contribution in [1.29, 1.82) is 0 Å². The van der Waals surface area contributed by atoms with Gasteiger partial charge >= 0.3 is 5.76 Å². The highest BCUT2D eigenvalue weighted by Gasteiger charge is 2.14. The second-order valence-corrected chi connectivity index (χ2v) is 6.58. The predicted molar refractivity (Wildman–Crippen MR) is 99.9 cm³/mol. The van der Waals surface area contributed by atoms with Gasteiger partial charge in [-0.1, -0.05) is 23.5 Å². The van der Waals surface area contributed by atoms with Crippen molar-refractivity contribution in [3.05, 3.63) is 53.0 Å². The maximum absolute atomic E-state index is 12.4. The molecule has 0 atom stereocenters. The molecule has 0 spiro atoms. The highest BCUT2D eigenvalue weighted by molar-refractivity contribution is 7.22. The summed E-state index contributed by atoms with van der Waals surface area (Å²) in [6, 6.07) is 12.6. The molecule has 0 aliphatic carbocycles. The van der Waals surface area contributed by atoms with Crippen LogP contribution in [0.2, 0.25) is 0 Å². The Kier molecular flexibility index (Phi) is 4.18. The molecule has 1 N–H and O–H groups in total. The Morgan fingerprint density at radius 1 is 1.31 bits per heavy atom. The van der Waals surface area contributed by atoms with Gasteiger partial charge in [-0.3, -0.25) is 9.36 Å². The lowest BCUT2D eigenvalue weighted by Gasteiger charge is -2.02. The minimum atomic E-state index is -0.563. The Morgan fingerprint density at radius 3 is 3.00 bits per heavy atom. The van der Waals surface area contributed by atoms with E-state index in [-0.39, 0.29) is 12.5 Å². The van der Waals surface area contributed by atoms with Crippen LogP contribution in [0, 0.1) is 0 Å². The van der Waals surface area contributed by atoms with Crippen molar-refractivity contribution in [3.63, 3.8) is 0 Å². The van der Waals surface area contributed by atoms with Gasteiger partial charge in [0.1, 0.15) is 12.3 Å². The third-order valence-electron chi connectivity index (χ3n) is 3.79. The van der Waals surface area contributed by atoms with Crippen LogP contribution in [0.5, 0.6) is 5.75 Å². The molecule has 0 aliphatic rings. The van der Waals surface area contributed by atoms with Gasteiger partial charge in [-0.15, -0.1) is 0 Å². The van der Waals surface area contributed by atoms with E-state index in [1.165, 1.54) is 15.9 Å². The Labute approximate surface area is 151 Å². The topological polar surface area (TPSA) is 86.4 Å². The molecular formula is C18H15N3O4S. The number of nitrogens with one attached hydrogen (secondary N) is 1. The van der Waals surface area contributed by atoms with Crippen LogP contribution in [0.4, 0.5) is 5.13 Å². The van der Waals surface area contributed by atoms with E-state index in [1.807, 2.05) is 25.1 Å². The smallest absolute Gasteiger partial charge is 0.420 e. The summed E-state index contributed by atoms with van der Waals surface area (Å²) >= 11 is 1.35. The van der Waals surface area contributed by atoms with Crippen molar-refractivity contribution in [2.24, 2.45) is 0 Å². The van der Waals surface area contributed by atoms with E-state index < -0.39 is 5.76 Å². The Morgan fingerprint density at radius 2 is 2.15 bits per heavy atom. The lowest BCUT2D eigenvalue weighted by Crippen LogP contribution is -2.24. The van der Waals surface area contributed by atoms with Crippen molar-refractivity contribution in [1.82, 2.24) is 9.55 Å². The van der Waals surface area contributed by atoms with Crippen LogP contribution in [0.15, 0.2) is 51.7 Å². The normalized spacial score (nSPS) is 11.1. The molecule has 1 amide bonds. The molecule has 132 valence electrons. The summed E-state index contributed by atoms with van der Waals surface area (Å²) in [7, 11) is 0. The fourth-order valence-corrected chi connectivity index (χ4v) is 3.59. The third-order valence-corrected chi connectivity index (χ3v) is 4.73. The molecule has 8 heteroatoms. The van der Waals surface area contributed by atoms with Crippen LogP contribution >= 0.6 is 11.3 Å². The number of oxazole rings is 1. The molecule has 0 fully saturated rings. The highest BCUT2D eigenvalue weighted by Crippen LogP contribution is 2.29. The average Bonchev–Trinajstić information content (AvgIpc) is 3.15. The molecule has 4 aromatic rings. The second-order valence-electron chi connectivity index (χ2n) is 5.55. The number of carbonyl (C=O) groups is 1. The van der Waals surface area contributed by atoms with Gasteiger partial charge in [-0.25, -0.2) is 9.78 Å². The number of ether oxygens (including phenoxy) is 1. The van der Waals surface area contributed by atoms with Crippen LogP contribution in [0.25, 0.3) is 21.3 Å². The van der Waals surface area contributed by atoms with E-state index in [0.29, 0.717) is 22.8 Å². The molecule has 0 unspecified atom stereocenters. The van der Waals surface area contributed by atoms with E-state index in [2.05, 4.69) is 10.3 Å². The summed E-state index contributed by atoms with van der Waals surface area (Å²) in [4.78, 5) is 28.7. The molecule has 0 aliphatic heterocycles. The van der Waals surface area contributed by atoms with Crippen LogP contribution in [0.3, 0.4) is 0 Å². The van der Waals surface area contributed by atoms with Gasteiger partial charge in [-0.2, -0.15) is 0 Å². The number of thiazole rings is 1. The molecule has 0 saturated heterocycles. The first-order valence-corrected chi connectivity index (χ1v) is 8.87. The monoisotopic (exact) mass is 369 g/mol. The van der Waals surface area contributed by atoms with Crippen LogP contribution in [0.1, 0.15) is 6.92 Å². The third kappa shape index (κ3) is 3.06. The fraction of sp³-hybridized carbons (Fsp3) is 0.167. The number of nitrogens with zero attached hydrogens (tertiary/aromatic N) is 2. The van der Waals surface area contributed by atoms with E-state index in [4.69, 9.17) is 9.15 Å². The summed E-state index contributed by atoms with van der Waals surface area (Å²) in [5, 5.41) is 3.21. The molecule has 2 heterocycles. The zero-order chi connectivity index (χ0) is 18.1. The number of anilines is 1. The quantitative estimate of drug-likeness (QED) is 0.584. The van der Waals surface area contributed by atoms with Crippen LogP contribution < -0.4 is 15.8 Å². The number of para-hydroxylation sites is 2. The van der Waals surface area contributed by atoms with Crippen molar-refractivity contribution < 1.29 is 13.9 Å². The zero-order valence-corrected chi connectivity index (χ0v) is 14.7. The first-order valence-electron chi connectivity index (χ1n) is 8.05. The number of amides is 1. The summed E-state index contributed by atoms with van der Waals surface area (Å²) < 4.78 is 12.8. The molecular weight excluding hydrogens is 354 g/mol. The van der Waals surface area contributed by atoms with Gasteiger partial charge in [0.05, 0.1) is 22.3 Å². The number of hydrogen-bond donors (Lipinski definition) is 1. The maximum atomic E-state index is 12.4. The van der Waals surface area contributed by atoms with Crippen molar-refractivity contribution in [3.8, 4) is 5.75 Å². The standard InChI is InChI=1S/C18H15N3O4S/c1-2-24-11-7-8-12-15(9-11)26-17(19-12)20-16(22)10-21-13-5-3-4-6-14(13)25-18(21)23/h3-9H,2,10H2,1H3,(H,19,20,22). The van der Waals surface area contributed by atoms with E-state index in [0.717, 1.165) is 16.0 Å². The molecule has 0 bridgehead atoms. The molecule has 2 aromatic carbocycles. The lowest BCUT2D eigenvalue weighted by molar-refractivity contribution is -0.116. The number of fused-ring (bicyclic) bond motifs is 2. The Hall–Kier alpha value is -3.13. The maximum Gasteiger partial charge on any atom is 0.420 e. The number of rotatable bonds is 5.